The van der Waals surface area contributed by atoms with Crippen LogP contribution in [0.3, 0.4) is 0 Å². The molecule has 0 unspecified atom stereocenters. The maximum absolute atomic E-state index is 11.6. The zero-order chi connectivity index (χ0) is 11.4. The highest BCUT2D eigenvalue weighted by Crippen LogP contribution is 2.12. The molecule has 1 amide bonds. The van der Waals surface area contributed by atoms with Crippen molar-refractivity contribution in [1.29, 1.82) is 0 Å². The molecule has 0 saturated carbocycles. The van der Waals surface area contributed by atoms with Gasteiger partial charge in [0.2, 0.25) is 5.91 Å². The summed E-state index contributed by atoms with van der Waals surface area (Å²) in [6.07, 6.45) is 0.0401. The van der Waals surface area contributed by atoms with E-state index in [1.807, 2.05) is 13.8 Å². The van der Waals surface area contributed by atoms with Crippen LogP contribution in [-0.4, -0.2) is 47.2 Å². The Kier molecular flexibility index (Phi) is 4.08. The molecule has 1 aliphatic heterocycles. The third-order valence-electron chi connectivity index (χ3n) is 2.33. The number of amides is 1. The summed E-state index contributed by atoms with van der Waals surface area (Å²) in [6.45, 7) is 4.94. The minimum Gasteiger partial charge on any atom is -0.481 e. The van der Waals surface area contributed by atoms with E-state index in [2.05, 4.69) is 0 Å². The van der Waals surface area contributed by atoms with Crippen molar-refractivity contribution in [3.8, 4) is 0 Å². The molecule has 86 valence electrons. The van der Waals surface area contributed by atoms with Gasteiger partial charge in [0, 0.05) is 19.5 Å². The van der Waals surface area contributed by atoms with Gasteiger partial charge in [0.25, 0.3) is 0 Å². The Balaban J connectivity index is 2.41. The number of carboxylic acids is 1. The molecule has 1 N–H and O–H groups in total. The van der Waals surface area contributed by atoms with Gasteiger partial charge < -0.3 is 14.7 Å². The van der Waals surface area contributed by atoms with Crippen molar-refractivity contribution in [3.05, 3.63) is 0 Å². The minimum atomic E-state index is -0.933. The summed E-state index contributed by atoms with van der Waals surface area (Å²) in [6, 6.07) is 0. The number of rotatable bonds is 3. The molecule has 15 heavy (non-hydrogen) atoms. The van der Waals surface area contributed by atoms with Crippen LogP contribution >= 0.6 is 0 Å². The Morgan fingerprint density at radius 1 is 1.27 bits per heavy atom. The lowest BCUT2D eigenvalue weighted by atomic mass is 10.2. The average molecular weight is 215 g/mol. The van der Waals surface area contributed by atoms with Gasteiger partial charge in [-0.3, -0.25) is 9.59 Å². The van der Waals surface area contributed by atoms with Crippen LogP contribution in [0.15, 0.2) is 0 Å². The van der Waals surface area contributed by atoms with Gasteiger partial charge in [-0.05, 0) is 13.8 Å². The molecule has 1 aliphatic rings. The fourth-order valence-electron chi connectivity index (χ4n) is 1.75. The molecule has 0 aliphatic carbocycles. The highest BCUT2D eigenvalue weighted by atomic mass is 16.5. The van der Waals surface area contributed by atoms with Gasteiger partial charge in [-0.15, -0.1) is 0 Å². The lowest BCUT2D eigenvalue weighted by molar-refractivity contribution is -0.146. The van der Waals surface area contributed by atoms with Crippen molar-refractivity contribution in [1.82, 2.24) is 4.90 Å². The van der Waals surface area contributed by atoms with Crippen LogP contribution in [-0.2, 0) is 14.3 Å². The normalized spacial score (nSPS) is 26.4. The molecule has 0 aromatic heterocycles. The smallest absolute Gasteiger partial charge is 0.303 e. The first-order chi connectivity index (χ1) is 6.99. The topological polar surface area (TPSA) is 66.8 Å². The van der Waals surface area contributed by atoms with E-state index >= 15 is 0 Å². The van der Waals surface area contributed by atoms with Crippen LogP contribution in [0.5, 0.6) is 0 Å². The molecule has 0 spiro atoms. The molecular weight excluding hydrogens is 198 g/mol. The molecule has 1 fully saturated rings. The van der Waals surface area contributed by atoms with Crippen LogP contribution in [0.25, 0.3) is 0 Å². The van der Waals surface area contributed by atoms with E-state index in [4.69, 9.17) is 9.84 Å². The number of morpholine rings is 1. The van der Waals surface area contributed by atoms with Gasteiger partial charge in [0.15, 0.2) is 0 Å². The van der Waals surface area contributed by atoms with E-state index in [0.29, 0.717) is 13.1 Å². The quantitative estimate of drug-likeness (QED) is 0.744. The maximum Gasteiger partial charge on any atom is 0.303 e. The Morgan fingerprint density at radius 3 is 2.27 bits per heavy atom. The monoisotopic (exact) mass is 215 g/mol. The zero-order valence-corrected chi connectivity index (χ0v) is 9.10. The summed E-state index contributed by atoms with van der Waals surface area (Å²) in [5.41, 5.74) is 0. The molecule has 1 rings (SSSR count). The maximum atomic E-state index is 11.6. The summed E-state index contributed by atoms with van der Waals surface area (Å²) in [7, 11) is 0. The Morgan fingerprint density at radius 2 is 1.80 bits per heavy atom. The number of carboxylic acid groups (broad SMARTS) is 1. The SMILES string of the molecule is C[C@@H]1CN(C(=O)CCC(=O)O)C[C@@H](C)O1. The zero-order valence-electron chi connectivity index (χ0n) is 9.10. The summed E-state index contributed by atoms with van der Waals surface area (Å²) in [4.78, 5) is 23.6. The van der Waals surface area contributed by atoms with Crippen molar-refractivity contribution in [2.24, 2.45) is 0 Å². The largest absolute Gasteiger partial charge is 0.481 e. The number of hydrogen-bond acceptors (Lipinski definition) is 3. The molecule has 1 heterocycles. The fourth-order valence-corrected chi connectivity index (χ4v) is 1.75. The van der Waals surface area contributed by atoms with Gasteiger partial charge >= 0.3 is 5.97 Å². The molecule has 5 heteroatoms. The third kappa shape index (κ3) is 3.87. The number of carbonyl (C=O) groups is 2. The summed E-state index contributed by atoms with van der Waals surface area (Å²) >= 11 is 0. The highest BCUT2D eigenvalue weighted by molar-refractivity contribution is 5.80. The molecule has 0 radical (unpaired) electrons. The molecule has 5 nitrogen and oxygen atoms in total. The molecular formula is C10H17NO4. The van der Waals surface area contributed by atoms with Gasteiger partial charge in [0.1, 0.15) is 0 Å². The van der Waals surface area contributed by atoms with Crippen LogP contribution in [0.2, 0.25) is 0 Å². The van der Waals surface area contributed by atoms with Crippen LogP contribution < -0.4 is 0 Å². The van der Waals surface area contributed by atoms with E-state index in [1.54, 1.807) is 4.90 Å². The van der Waals surface area contributed by atoms with E-state index in [9.17, 15) is 9.59 Å². The van der Waals surface area contributed by atoms with Crippen LogP contribution in [0.1, 0.15) is 26.7 Å². The number of carbonyl (C=O) groups excluding carboxylic acids is 1. The number of ether oxygens (including phenoxy) is 1. The lowest BCUT2D eigenvalue weighted by Crippen LogP contribution is -2.48. The second-order valence-corrected chi connectivity index (χ2v) is 3.95. The summed E-state index contributed by atoms with van der Waals surface area (Å²) in [5.74, 6) is -1.03. The van der Waals surface area contributed by atoms with Gasteiger partial charge in [-0.1, -0.05) is 0 Å². The Labute approximate surface area is 89.0 Å². The Bertz CT molecular complexity index is 244. The van der Waals surface area contributed by atoms with E-state index in [-0.39, 0.29) is 31.0 Å². The minimum absolute atomic E-state index is 0.0301. The standard InChI is InChI=1S/C10H17NO4/c1-7-5-11(6-8(2)15-7)9(12)3-4-10(13)14/h7-8H,3-6H2,1-2H3,(H,13,14)/t7-,8-/m1/s1. The van der Waals surface area contributed by atoms with E-state index in [1.165, 1.54) is 0 Å². The second kappa shape index (κ2) is 5.11. The van der Waals surface area contributed by atoms with Crippen molar-refractivity contribution >= 4 is 11.9 Å². The van der Waals surface area contributed by atoms with Crippen LogP contribution in [0.4, 0.5) is 0 Å². The van der Waals surface area contributed by atoms with Gasteiger partial charge in [-0.25, -0.2) is 0 Å². The van der Waals surface area contributed by atoms with Gasteiger partial charge in [0.05, 0.1) is 18.6 Å². The molecule has 1 saturated heterocycles. The van der Waals surface area contributed by atoms with Gasteiger partial charge in [-0.2, -0.15) is 0 Å². The van der Waals surface area contributed by atoms with Crippen molar-refractivity contribution in [2.45, 2.75) is 38.9 Å². The Hall–Kier alpha value is -1.10. The first kappa shape index (κ1) is 12.0. The lowest BCUT2D eigenvalue weighted by Gasteiger charge is -2.35. The molecule has 2 atom stereocenters. The van der Waals surface area contributed by atoms with E-state index in [0.717, 1.165) is 0 Å². The number of aliphatic carboxylic acids is 1. The number of hydrogen-bond donors (Lipinski definition) is 1. The summed E-state index contributed by atoms with van der Waals surface area (Å²) in [5, 5.41) is 8.47. The third-order valence-corrected chi connectivity index (χ3v) is 2.33. The van der Waals surface area contributed by atoms with Crippen molar-refractivity contribution in [3.63, 3.8) is 0 Å². The first-order valence-electron chi connectivity index (χ1n) is 5.14. The highest BCUT2D eigenvalue weighted by Gasteiger charge is 2.25. The predicted molar refractivity (Wildman–Crippen MR) is 53.5 cm³/mol. The summed E-state index contributed by atoms with van der Waals surface area (Å²) < 4.78 is 5.48. The predicted octanol–water partition coefficient (Wildman–Crippen LogP) is 0.487. The second-order valence-electron chi connectivity index (χ2n) is 3.95. The first-order valence-corrected chi connectivity index (χ1v) is 5.14. The average Bonchev–Trinajstić information content (AvgIpc) is 2.12. The molecule has 0 aromatic carbocycles. The van der Waals surface area contributed by atoms with Crippen LogP contribution in [0, 0.1) is 0 Å². The fraction of sp³-hybridized carbons (Fsp3) is 0.800. The van der Waals surface area contributed by atoms with Crippen molar-refractivity contribution in [2.75, 3.05) is 13.1 Å². The van der Waals surface area contributed by atoms with E-state index < -0.39 is 5.97 Å². The molecule has 0 aromatic rings. The molecule has 0 bridgehead atoms. The number of nitrogens with zero attached hydrogens (tertiary/aromatic N) is 1. The van der Waals surface area contributed by atoms with Crippen molar-refractivity contribution < 1.29 is 19.4 Å².